The Labute approximate surface area is 168 Å². The number of methoxy groups -OCH3 is 1. The lowest BCUT2D eigenvalue weighted by atomic mass is 9.80. The van der Waals surface area contributed by atoms with Gasteiger partial charge in [0.2, 0.25) is 0 Å². The summed E-state index contributed by atoms with van der Waals surface area (Å²) < 4.78 is 5.32. The van der Waals surface area contributed by atoms with Gasteiger partial charge in [-0.15, -0.1) is 24.8 Å². The van der Waals surface area contributed by atoms with Crippen molar-refractivity contribution >= 4 is 35.7 Å². The predicted octanol–water partition coefficient (Wildman–Crippen LogP) is 4.54. The van der Waals surface area contributed by atoms with Crippen LogP contribution in [0.1, 0.15) is 44.3 Å². The average molecular weight is 401 g/mol. The lowest BCUT2D eigenvalue weighted by molar-refractivity contribution is 0.139. The van der Waals surface area contributed by atoms with E-state index in [1.807, 2.05) is 24.3 Å². The highest BCUT2D eigenvalue weighted by Crippen LogP contribution is 2.33. The van der Waals surface area contributed by atoms with Gasteiger partial charge in [-0.3, -0.25) is 4.98 Å². The Morgan fingerprint density at radius 1 is 1.27 bits per heavy atom. The van der Waals surface area contributed by atoms with E-state index >= 15 is 0 Å². The van der Waals surface area contributed by atoms with Crippen molar-refractivity contribution in [3.63, 3.8) is 0 Å². The highest BCUT2D eigenvalue weighted by molar-refractivity contribution is 5.85. The fourth-order valence-electron chi connectivity index (χ4n) is 3.93. The maximum atomic E-state index is 10.8. The van der Waals surface area contributed by atoms with Crippen molar-refractivity contribution < 1.29 is 9.84 Å². The molecule has 3 rings (SSSR count). The van der Waals surface area contributed by atoms with Crippen LogP contribution in [0.2, 0.25) is 0 Å². The fourth-order valence-corrected chi connectivity index (χ4v) is 3.93. The number of ether oxygens (including phenoxy) is 1. The van der Waals surface area contributed by atoms with Crippen LogP contribution in [0.4, 0.5) is 0 Å². The first kappa shape index (κ1) is 23.0. The summed E-state index contributed by atoms with van der Waals surface area (Å²) in [6, 6.07) is 7.77. The zero-order valence-electron chi connectivity index (χ0n) is 15.5. The Bertz CT molecular complexity index is 684. The third-order valence-electron chi connectivity index (χ3n) is 5.44. The van der Waals surface area contributed by atoms with Crippen LogP contribution >= 0.6 is 24.8 Å². The molecule has 4 nitrogen and oxygen atoms in total. The van der Waals surface area contributed by atoms with Crippen molar-refractivity contribution in [2.75, 3.05) is 20.2 Å². The van der Waals surface area contributed by atoms with Gasteiger partial charge in [0.1, 0.15) is 5.75 Å². The number of hydrogen-bond acceptors (Lipinski definition) is 4. The molecule has 1 aromatic carbocycles. The summed E-state index contributed by atoms with van der Waals surface area (Å²) in [6.45, 7) is 4.49. The minimum absolute atomic E-state index is 0. The van der Waals surface area contributed by atoms with E-state index in [-0.39, 0.29) is 24.8 Å². The molecule has 26 heavy (non-hydrogen) atoms. The number of aliphatic hydroxyl groups is 1. The molecule has 0 spiro atoms. The van der Waals surface area contributed by atoms with Crippen LogP contribution in [0.3, 0.4) is 0 Å². The Morgan fingerprint density at radius 3 is 2.81 bits per heavy atom. The quantitative estimate of drug-likeness (QED) is 0.747. The van der Waals surface area contributed by atoms with E-state index in [0.717, 1.165) is 54.1 Å². The van der Waals surface area contributed by atoms with Gasteiger partial charge in [0.25, 0.3) is 0 Å². The summed E-state index contributed by atoms with van der Waals surface area (Å²) in [5, 5.41) is 15.3. The second-order valence-electron chi connectivity index (χ2n) is 6.80. The van der Waals surface area contributed by atoms with Gasteiger partial charge in [0, 0.05) is 11.6 Å². The summed E-state index contributed by atoms with van der Waals surface area (Å²) in [5.74, 6) is 2.25. The van der Waals surface area contributed by atoms with E-state index in [9.17, 15) is 5.11 Å². The van der Waals surface area contributed by atoms with Gasteiger partial charge in [-0.2, -0.15) is 0 Å². The molecule has 1 saturated heterocycles. The van der Waals surface area contributed by atoms with Gasteiger partial charge >= 0.3 is 0 Å². The van der Waals surface area contributed by atoms with E-state index in [0.29, 0.717) is 5.92 Å². The molecule has 2 N–H and O–H groups in total. The molecule has 0 saturated carbocycles. The van der Waals surface area contributed by atoms with Gasteiger partial charge in [0.15, 0.2) is 0 Å². The monoisotopic (exact) mass is 400 g/mol. The minimum atomic E-state index is -0.449. The second-order valence-corrected chi connectivity index (χ2v) is 6.80. The van der Waals surface area contributed by atoms with Gasteiger partial charge in [0.05, 0.1) is 18.7 Å². The molecule has 6 heteroatoms. The van der Waals surface area contributed by atoms with Crippen LogP contribution in [0.5, 0.6) is 5.75 Å². The first-order valence-electron chi connectivity index (χ1n) is 9.04. The fraction of sp³-hybridized carbons (Fsp3) is 0.550. The molecule has 0 bridgehead atoms. The molecule has 0 radical (unpaired) electrons. The molecule has 0 unspecified atom stereocenters. The first-order chi connectivity index (χ1) is 11.7. The van der Waals surface area contributed by atoms with Crippen molar-refractivity contribution in [2.24, 2.45) is 11.8 Å². The molecule has 146 valence electrons. The number of aromatic nitrogens is 1. The van der Waals surface area contributed by atoms with Gasteiger partial charge < -0.3 is 15.2 Å². The van der Waals surface area contributed by atoms with E-state index in [1.165, 1.54) is 12.8 Å². The number of nitrogens with zero attached hydrogens (tertiary/aromatic N) is 1. The molecule has 1 fully saturated rings. The topological polar surface area (TPSA) is 54.4 Å². The molecular weight excluding hydrogens is 371 g/mol. The Hall–Kier alpha value is -1.07. The maximum Gasteiger partial charge on any atom is 0.119 e. The van der Waals surface area contributed by atoms with E-state index < -0.39 is 6.10 Å². The molecule has 1 aliphatic heterocycles. The molecule has 1 aromatic heterocycles. The summed E-state index contributed by atoms with van der Waals surface area (Å²) in [6.07, 6.45) is 5.65. The Balaban J connectivity index is 0.00000169. The van der Waals surface area contributed by atoms with Gasteiger partial charge in [-0.05, 0) is 74.0 Å². The van der Waals surface area contributed by atoms with Crippen LogP contribution in [0, 0.1) is 11.8 Å². The molecule has 2 aromatic rings. The van der Waals surface area contributed by atoms with Crippen LogP contribution < -0.4 is 10.1 Å². The summed E-state index contributed by atoms with van der Waals surface area (Å²) in [7, 11) is 1.66. The van der Waals surface area contributed by atoms with Gasteiger partial charge in [-0.25, -0.2) is 0 Å². The number of rotatable bonds is 6. The highest BCUT2D eigenvalue weighted by atomic mass is 35.5. The normalized spacial score (nSPS) is 20.7. The van der Waals surface area contributed by atoms with Crippen LogP contribution in [0.25, 0.3) is 10.9 Å². The summed E-state index contributed by atoms with van der Waals surface area (Å²) in [5.41, 5.74) is 1.86. The smallest absolute Gasteiger partial charge is 0.119 e. The highest BCUT2D eigenvalue weighted by Gasteiger charge is 2.24. The summed E-state index contributed by atoms with van der Waals surface area (Å²) >= 11 is 0. The lowest BCUT2D eigenvalue weighted by Crippen LogP contribution is -2.36. The molecular formula is C20H30Cl2N2O2. The van der Waals surface area contributed by atoms with Crippen molar-refractivity contribution in [1.29, 1.82) is 0 Å². The van der Waals surface area contributed by atoms with Crippen LogP contribution in [-0.2, 0) is 0 Å². The number of nitrogens with one attached hydrogen (secondary N) is 1. The van der Waals surface area contributed by atoms with Crippen molar-refractivity contribution in [3.8, 4) is 5.75 Å². The average Bonchev–Trinajstić information content (AvgIpc) is 2.65. The zero-order valence-corrected chi connectivity index (χ0v) is 17.1. The van der Waals surface area contributed by atoms with Crippen LogP contribution in [0.15, 0.2) is 30.5 Å². The van der Waals surface area contributed by atoms with Gasteiger partial charge in [-0.1, -0.05) is 13.3 Å². The predicted molar refractivity (Wildman–Crippen MR) is 112 cm³/mol. The largest absolute Gasteiger partial charge is 0.497 e. The third kappa shape index (κ3) is 5.23. The molecule has 3 atom stereocenters. The third-order valence-corrected chi connectivity index (χ3v) is 5.44. The first-order valence-corrected chi connectivity index (χ1v) is 9.04. The number of benzene rings is 1. The number of pyridine rings is 1. The van der Waals surface area contributed by atoms with Crippen molar-refractivity contribution in [2.45, 2.75) is 38.7 Å². The number of halogens is 2. The van der Waals surface area contributed by atoms with E-state index in [4.69, 9.17) is 4.74 Å². The molecule has 0 aliphatic carbocycles. The maximum absolute atomic E-state index is 10.8. The summed E-state index contributed by atoms with van der Waals surface area (Å²) in [4.78, 5) is 4.40. The molecule has 1 aliphatic rings. The molecule has 0 amide bonds. The minimum Gasteiger partial charge on any atom is -0.497 e. The zero-order chi connectivity index (χ0) is 16.9. The standard InChI is InChI=1S/C20H28N2O2.2ClH/c1-3-14-13-21-10-8-15(14)4-7-20(23)17-9-11-22-19-6-5-16(24-2)12-18(17)19;;/h5-6,9,11-12,14-15,20-21,23H,3-4,7-8,10,13H2,1-2H3;2*1H/t14-,15+,20+;;/m0../s1. The Kier molecular flexibility index (Phi) is 9.66. The van der Waals surface area contributed by atoms with E-state index in [1.54, 1.807) is 13.3 Å². The number of piperidine rings is 1. The Morgan fingerprint density at radius 2 is 2.08 bits per heavy atom. The number of aliphatic hydroxyl groups excluding tert-OH is 1. The van der Waals surface area contributed by atoms with Crippen molar-refractivity contribution in [3.05, 3.63) is 36.0 Å². The molecule has 2 heterocycles. The SMILES string of the molecule is CC[C@H]1CNCC[C@H]1CC[C@@H](O)c1ccnc2ccc(OC)cc12.Cl.Cl. The number of hydrogen-bond donors (Lipinski definition) is 2. The van der Waals surface area contributed by atoms with Crippen LogP contribution in [-0.4, -0.2) is 30.3 Å². The lowest BCUT2D eigenvalue weighted by Gasteiger charge is -2.32. The number of fused-ring (bicyclic) bond motifs is 1. The second kappa shape index (κ2) is 10.9. The van der Waals surface area contributed by atoms with Crippen molar-refractivity contribution in [1.82, 2.24) is 10.3 Å². The van der Waals surface area contributed by atoms with E-state index in [2.05, 4.69) is 17.2 Å².